The van der Waals surface area contributed by atoms with Gasteiger partial charge in [-0.25, -0.2) is 8.42 Å². The van der Waals surface area contributed by atoms with Crippen LogP contribution in [0.1, 0.15) is 25.8 Å². The molecule has 0 bridgehead atoms. The molecular weight excluding hydrogens is 298 g/mol. The molecule has 0 saturated heterocycles. The molecule has 1 rings (SSSR count). The fraction of sp³-hybridized carbons (Fsp3) is 0.562. The molecule has 0 aliphatic rings. The topological polar surface area (TPSA) is 70.6 Å². The first-order chi connectivity index (χ1) is 10.3. The number of aliphatic imine (C=N–C) groups is 1. The second-order valence-corrected chi connectivity index (χ2v) is 7.79. The van der Waals surface area contributed by atoms with Gasteiger partial charge in [0.1, 0.15) is 0 Å². The Morgan fingerprint density at radius 2 is 1.73 bits per heavy atom. The van der Waals surface area contributed by atoms with E-state index in [0.29, 0.717) is 10.8 Å². The highest BCUT2D eigenvalue weighted by Crippen LogP contribution is 2.10. The van der Waals surface area contributed by atoms with Crippen molar-refractivity contribution in [3.63, 3.8) is 0 Å². The van der Waals surface area contributed by atoms with E-state index >= 15 is 0 Å². The third-order valence-corrected chi connectivity index (χ3v) is 4.42. The molecular formula is C16H27N3O2S. The lowest BCUT2D eigenvalue weighted by Crippen LogP contribution is -2.39. The number of hydrogen-bond donors (Lipinski definition) is 2. The molecule has 0 amide bonds. The highest BCUT2D eigenvalue weighted by atomic mass is 32.2. The zero-order chi connectivity index (χ0) is 16.6. The molecule has 2 N–H and O–H groups in total. The number of benzene rings is 1. The molecule has 0 fully saturated rings. The van der Waals surface area contributed by atoms with Crippen molar-refractivity contribution in [3.05, 3.63) is 29.8 Å². The van der Waals surface area contributed by atoms with Crippen LogP contribution in [0.25, 0.3) is 0 Å². The molecule has 5 nitrogen and oxygen atoms in total. The molecule has 0 radical (unpaired) electrons. The Morgan fingerprint density at radius 1 is 1.14 bits per heavy atom. The quantitative estimate of drug-likeness (QED) is 0.593. The summed E-state index contributed by atoms with van der Waals surface area (Å²) in [5.41, 5.74) is 1.09. The fourth-order valence-corrected chi connectivity index (χ4v) is 2.56. The number of guanidine groups is 1. The summed E-state index contributed by atoms with van der Waals surface area (Å²) in [5, 5.41) is 6.53. The van der Waals surface area contributed by atoms with E-state index in [0.717, 1.165) is 37.5 Å². The average molecular weight is 325 g/mol. The monoisotopic (exact) mass is 325 g/mol. The smallest absolute Gasteiger partial charge is 0.190 e. The maximum Gasteiger partial charge on any atom is 0.190 e. The summed E-state index contributed by atoms with van der Waals surface area (Å²) in [4.78, 5) is 4.53. The summed E-state index contributed by atoms with van der Waals surface area (Å²) in [6, 6.07) is 7.01. The minimum atomic E-state index is -3.12. The van der Waals surface area contributed by atoms with E-state index in [2.05, 4.69) is 29.5 Å². The number of nitrogens with zero attached hydrogens (tertiary/aromatic N) is 1. The van der Waals surface area contributed by atoms with Gasteiger partial charge in [-0.2, -0.15) is 0 Å². The van der Waals surface area contributed by atoms with E-state index in [1.807, 2.05) is 12.1 Å². The van der Waals surface area contributed by atoms with Gasteiger partial charge in [0.25, 0.3) is 0 Å². The molecule has 0 unspecified atom stereocenters. The Kier molecular flexibility index (Phi) is 7.38. The van der Waals surface area contributed by atoms with E-state index in [4.69, 9.17) is 0 Å². The van der Waals surface area contributed by atoms with Crippen LogP contribution in [0.15, 0.2) is 34.2 Å². The van der Waals surface area contributed by atoms with Crippen LogP contribution in [0.3, 0.4) is 0 Å². The zero-order valence-electron chi connectivity index (χ0n) is 13.9. The van der Waals surface area contributed by atoms with Crippen LogP contribution in [-0.2, 0) is 16.3 Å². The van der Waals surface area contributed by atoms with Gasteiger partial charge in [0.05, 0.1) is 4.90 Å². The minimum Gasteiger partial charge on any atom is -0.356 e. The Hall–Kier alpha value is -1.56. The lowest BCUT2D eigenvalue weighted by molar-refractivity contribution is 0.573. The van der Waals surface area contributed by atoms with Crippen LogP contribution in [0.2, 0.25) is 0 Å². The van der Waals surface area contributed by atoms with Crippen molar-refractivity contribution in [3.8, 4) is 0 Å². The summed E-state index contributed by atoms with van der Waals surface area (Å²) in [5.74, 6) is 1.47. The normalized spacial score (nSPS) is 12.5. The largest absolute Gasteiger partial charge is 0.356 e. The van der Waals surface area contributed by atoms with Gasteiger partial charge in [0, 0.05) is 26.4 Å². The average Bonchev–Trinajstić information content (AvgIpc) is 2.45. The molecule has 124 valence electrons. The number of hydrogen-bond acceptors (Lipinski definition) is 3. The van der Waals surface area contributed by atoms with Gasteiger partial charge < -0.3 is 10.6 Å². The SMILES string of the molecule is CN=C(NCCc1ccc(S(C)(=O)=O)cc1)NCCC(C)C. The molecule has 0 saturated carbocycles. The zero-order valence-corrected chi connectivity index (χ0v) is 14.7. The van der Waals surface area contributed by atoms with Crippen molar-refractivity contribution in [1.29, 1.82) is 0 Å². The van der Waals surface area contributed by atoms with Crippen LogP contribution in [0, 0.1) is 5.92 Å². The lowest BCUT2D eigenvalue weighted by Gasteiger charge is -2.13. The van der Waals surface area contributed by atoms with E-state index < -0.39 is 9.84 Å². The van der Waals surface area contributed by atoms with Crippen LogP contribution >= 0.6 is 0 Å². The molecule has 0 heterocycles. The molecule has 0 aliphatic carbocycles. The first-order valence-corrected chi connectivity index (χ1v) is 9.45. The van der Waals surface area contributed by atoms with Gasteiger partial charge in [-0.1, -0.05) is 26.0 Å². The minimum absolute atomic E-state index is 0.357. The molecule has 6 heteroatoms. The van der Waals surface area contributed by atoms with Crippen molar-refractivity contribution in [2.24, 2.45) is 10.9 Å². The first kappa shape index (κ1) is 18.5. The van der Waals surface area contributed by atoms with E-state index in [1.54, 1.807) is 19.2 Å². The number of rotatable bonds is 7. The molecule has 0 aromatic heterocycles. The maximum absolute atomic E-state index is 11.4. The Labute approximate surface area is 134 Å². The first-order valence-electron chi connectivity index (χ1n) is 7.56. The lowest BCUT2D eigenvalue weighted by atomic mass is 10.1. The van der Waals surface area contributed by atoms with Crippen molar-refractivity contribution >= 4 is 15.8 Å². The fourth-order valence-electron chi connectivity index (χ4n) is 1.93. The summed E-state index contributed by atoms with van der Waals surface area (Å²) >= 11 is 0. The highest BCUT2D eigenvalue weighted by Gasteiger charge is 2.06. The van der Waals surface area contributed by atoms with E-state index in [1.165, 1.54) is 6.26 Å². The van der Waals surface area contributed by atoms with Crippen molar-refractivity contribution in [2.45, 2.75) is 31.6 Å². The van der Waals surface area contributed by atoms with Crippen molar-refractivity contribution in [2.75, 3.05) is 26.4 Å². The Bertz CT molecular complexity index is 578. The van der Waals surface area contributed by atoms with Gasteiger partial charge in [-0.05, 0) is 36.5 Å². The van der Waals surface area contributed by atoms with Crippen LogP contribution < -0.4 is 10.6 Å². The predicted octanol–water partition coefficient (Wildman–Crippen LogP) is 1.84. The maximum atomic E-state index is 11.4. The van der Waals surface area contributed by atoms with Crippen molar-refractivity contribution < 1.29 is 8.42 Å². The van der Waals surface area contributed by atoms with Gasteiger partial charge in [0.2, 0.25) is 0 Å². The standard InChI is InChI=1S/C16H27N3O2S/c1-13(2)9-11-18-16(17-3)19-12-10-14-5-7-15(8-6-14)22(4,20)21/h5-8,13H,9-12H2,1-4H3,(H2,17,18,19). The van der Waals surface area contributed by atoms with Gasteiger partial charge in [-0.15, -0.1) is 0 Å². The molecule has 0 spiro atoms. The summed E-state index contributed by atoms with van der Waals surface area (Å²) < 4.78 is 22.8. The predicted molar refractivity (Wildman–Crippen MR) is 92.1 cm³/mol. The second-order valence-electron chi connectivity index (χ2n) is 5.77. The van der Waals surface area contributed by atoms with Gasteiger partial charge in [-0.3, -0.25) is 4.99 Å². The Balaban J connectivity index is 2.39. The number of sulfone groups is 1. The Morgan fingerprint density at radius 3 is 2.23 bits per heavy atom. The summed E-state index contributed by atoms with van der Waals surface area (Å²) in [7, 11) is -1.36. The third kappa shape index (κ3) is 6.93. The van der Waals surface area contributed by atoms with Crippen molar-refractivity contribution in [1.82, 2.24) is 10.6 Å². The number of nitrogens with one attached hydrogen (secondary N) is 2. The molecule has 22 heavy (non-hydrogen) atoms. The summed E-state index contributed by atoms with van der Waals surface area (Å²) in [6.45, 7) is 6.04. The van der Waals surface area contributed by atoms with Crippen LogP contribution in [0.4, 0.5) is 0 Å². The molecule has 0 atom stereocenters. The summed E-state index contributed by atoms with van der Waals surface area (Å²) in [6.07, 6.45) is 3.14. The van der Waals surface area contributed by atoms with Gasteiger partial charge in [0.15, 0.2) is 15.8 Å². The molecule has 1 aromatic rings. The van der Waals surface area contributed by atoms with E-state index in [-0.39, 0.29) is 0 Å². The second kappa shape index (κ2) is 8.78. The van der Waals surface area contributed by atoms with Gasteiger partial charge >= 0.3 is 0 Å². The van der Waals surface area contributed by atoms with Crippen LogP contribution in [-0.4, -0.2) is 40.8 Å². The molecule has 0 aliphatic heterocycles. The highest BCUT2D eigenvalue weighted by molar-refractivity contribution is 7.90. The van der Waals surface area contributed by atoms with E-state index in [9.17, 15) is 8.42 Å². The van der Waals surface area contributed by atoms with Crippen LogP contribution in [0.5, 0.6) is 0 Å². The molecule has 1 aromatic carbocycles. The third-order valence-electron chi connectivity index (χ3n) is 3.30.